The molecule has 0 unspecified atom stereocenters. The Morgan fingerprint density at radius 3 is 2.53 bits per heavy atom. The first-order valence-electron chi connectivity index (χ1n) is 5.27. The number of benzene rings is 1. The fraction of sp³-hybridized carbons (Fsp3) is 0.0769. The second kappa shape index (κ2) is 4.72. The van der Waals surface area contributed by atoms with Crippen molar-refractivity contribution < 1.29 is 18.0 Å². The number of halogens is 3. The van der Waals surface area contributed by atoms with Crippen LogP contribution >= 0.6 is 0 Å². The van der Waals surface area contributed by atoms with Gasteiger partial charge in [-0.3, -0.25) is 9.59 Å². The zero-order chi connectivity index (χ0) is 14.0. The van der Waals surface area contributed by atoms with Gasteiger partial charge in [-0.15, -0.1) is 0 Å². The molecule has 0 amide bonds. The lowest BCUT2D eigenvalue weighted by atomic mass is 10.0. The van der Waals surface area contributed by atoms with E-state index in [1.54, 1.807) is 0 Å². The molecule has 1 aromatic carbocycles. The summed E-state index contributed by atoms with van der Waals surface area (Å²) in [6.07, 6.45) is -2.80. The quantitative estimate of drug-likeness (QED) is 0.850. The van der Waals surface area contributed by atoms with Gasteiger partial charge < -0.3 is 4.98 Å². The number of carbonyl (C=O) groups is 1. The Morgan fingerprint density at radius 2 is 1.89 bits per heavy atom. The maximum Gasteiger partial charge on any atom is 0.416 e. The minimum atomic E-state index is -4.46. The van der Waals surface area contributed by atoms with Gasteiger partial charge in [0, 0.05) is 23.4 Å². The normalized spacial score (nSPS) is 11.3. The van der Waals surface area contributed by atoms with Crippen molar-refractivity contribution in [3.63, 3.8) is 0 Å². The van der Waals surface area contributed by atoms with Crippen molar-refractivity contribution in [1.82, 2.24) is 4.98 Å². The van der Waals surface area contributed by atoms with Gasteiger partial charge in [-0.05, 0) is 17.7 Å². The maximum atomic E-state index is 12.6. The zero-order valence-electron chi connectivity index (χ0n) is 9.49. The Balaban J connectivity index is 2.60. The predicted octanol–water partition coefficient (Wildman–Crippen LogP) is 2.87. The minimum Gasteiger partial charge on any atom is -0.328 e. The number of pyridine rings is 1. The number of rotatable bonds is 2. The fourth-order valence-electron chi connectivity index (χ4n) is 1.70. The topological polar surface area (TPSA) is 49.9 Å². The molecule has 19 heavy (non-hydrogen) atoms. The third-order valence-electron chi connectivity index (χ3n) is 2.58. The Morgan fingerprint density at radius 1 is 1.16 bits per heavy atom. The number of alkyl halides is 3. The van der Waals surface area contributed by atoms with E-state index in [2.05, 4.69) is 4.98 Å². The second-order valence-corrected chi connectivity index (χ2v) is 3.86. The van der Waals surface area contributed by atoms with Crippen LogP contribution < -0.4 is 5.56 Å². The molecule has 0 radical (unpaired) electrons. The van der Waals surface area contributed by atoms with Crippen LogP contribution in [-0.4, -0.2) is 11.3 Å². The molecule has 0 atom stereocenters. The van der Waals surface area contributed by atoms with E-state index in [4.69, 9.17) is 0 Å². The molecule has 6 heteroatoms. The summed E-state index contributed by atoms with van der Waals surface area (Å²) in [5, 5.41) is 0. The van der Waals surface area contributed by atoms with Crippen molar-refractivity contribution >= 4 is 6.29 Å². The molecule has 0 saturated carbocycles. The number of nitrogens with one attached hydrogen (secondary N) is 1. The molecule has 98 valence electrons. The molecule has 0 bridgehead atoms. The monoisotopic (exact) mass is 267 g/mol. The van der Waals surface area contributed by atoms with Gasteiger partial charge in [0.25, 0.3) is 0 Å². The van der Waals surface area contributed by atoms with E-state index >= 15 is 0 Å². The van der Waals surface area contributed by atoms with Gasteiger partial charge >= 0.3 is 6.18 Å². The van der Waals surface area contributed by atoms with Crippen LogP contribution in [0.25, 0.3) is 11.1 Å². The SMILES string of the molecule is O=Cc1cc(=O)[nH]cc1-c1cccc(C(F)(F)F)c1. The third-order valence-corrected chi connectivity index (χ3v) is 2.58. The molecule has 2 rings (SSSR count). The maximum absolute atomic E-state index is 12.6. The van der Waals surface area contributed by atoms with E-state index in [0.717, 1.165) is 18.2 Å². The lowest BCUT2D eigenvalue weighted by molar-refractivity contribution is -0.137. The van der Waals surface area contributed by atoms with Crippen molar-refractivity contribution in [1.29, 1.82) is 0 Å². The number of hydrogen-bond donors (Lipinski definition) is 1. The van der Waals surface area contributed by atoms with Gasteiger partial charge in [0.1, 0.15) is 0 Å². The van der Waals surface area contributed by atoms with Crippen LogP contribution in [0.4, 0.5) is 13.2 Å². The van der Waals surface area contributed by atoms with E-state index in [-0.39, 0.29) is 16.7 Å². The van der Waals surface area contributed by atoms with Gasteiger partial charge in [-0.1, -0.05) is 12.1 Å². The van der Waals surface area contributed by atoms with Crippen molar-refractivity contribution in [2.75, 3.05) is 0 Å². The van der Waals surface area contributed by atoms with Gasteiger partial charge in [-0.25, -0.2) is 0 Å². The van der Waals surface area contributed by atoms with E-state index in [0.29, 0.717) is 6.29 Å². The molecule has 0 aliphatic carbocycles. The van der Waals surface area contributed by atoms with Crippen molar-refractivity contribution in [2.45, 2.75) is 6.18 Å². The van der Waals surface area contributed by atoms with Crippen molar-refractivity contribution in [3.05, 3.63) is 58.0 Å². The summed E-state index contributed by atoms with van der Waals surface area (Å²) >= 11 is 0. The van der Waals surface area contributed by atoms with Gasteiger partial charge in [0.15, 0.2) is 6.29 Å². The molecule has 2 aromatic rings. The molecular weight excluding hydrogens is 259 g/mol. The summed E-state index contributed by atoms with van der Waals surface area (Å²) in [7, 11) is 0. The molecule has 0 aliphatic heterocycles. The number of aldehydes is 1. The summed E-state index contributed by atoms with van der Waals surface area (Å²) < 4.78 is 37.8. The summed E-state index contributed by atoms with van der Waals surface area (Å²) in [5.74, 6) is 0. The molecule has 3 nitrogen and oxygen atoms in total. The Labute approximate surface area is 105 Å². The standard InChI is InChI=1S/C13H8F3NO2/c14-13(15,16)10-3-1-2-8(4-10)11-6-17-12(19)5-9(11)7-18/h1-7H,(H,17,19). The number of aromatic nitrogens is 1. The zero-order valence-corrected chi connectivity index (χ0v) is 9.49. The van der Waals surface area contributed by atoms with Crippen molar-refractivity contribution in [2.24, 2.45) is 0 Å². The van der Waals surface area contributed by atoms with Crippen LogP contribution in [0.2, 0.25) is 0 Å². The van der Waals surface area contributed by atoms with Crippen LogP contribution in [0.1, 0.15) is 15.9 Å². The highest BCUT2D eigenvalue weighted by atomic mass is 19.4. The van der Waals surface area contributed by atoms with Crippen LogP contribution in [0.5, 0.6) is 0 Å². The summed E-state index contributed by atoms with van der Waals surface area (Å²) in [6.45, 7) is 0. The molecule has 1 N–H and O–H groups in total. The molecule has 0 saturated heterocycles. The number of carbonyl (C=O) groups excluding carboxylic acids is 1. The minimum absolute atomic E-state index is 0.0445. The van der Waals surface area contributed by atoms with Gasteiger partial charge in [0.05, 0.1) is 5.56 Å². The predicted molar refractivity (Wildman–Crippen MR) is 62.9 cm³/mol. The third kappa shape index (κ3) is 2.73. The molecule has 1 aromatic heterocycles. The smallest absolute Gasteiger partial charge is 0.328 e. The van der Waals surface area contributed by atoms with Crippen LogP contribution in [0.15, 0.2) is 41.3 Å². The number of H-pyrrole nitrogens is 1. The second-order valence-electron chi connectivity index (χ2n) is 3.86. The van der Waals surface area contributed by atoms with Crippen LogP contribution in [0, 0.1) is 0 Å². The lowest BCUT2D eigenvalue weighted by Gasteiger charge is -2.09. The number of aromatic amines is 1. The van der Waals surface area contributed by atoms with Crippen molar-refractivity contribution in [3.8, 4) is 11.1 Å². The highest BCUT2D eigenvalue weighted by Gasteiger charge is 2.30. The molecule has 1 heterocycles. The Bertz CT molecular complexity index is 674. The van der Waals surface area contributed by atoms with E-state index in [1.807, 2.05) is 0 Å². The fourth-order valence-corrected chi connectivity index (χ4v) is 1.70. The van der Waals surface area contributed by atoms with E-state index in [9.17, 15) is 22.8 Å². The first kappa shape index (κ1) is 13.1. The first-order valence-corrected chi connectivity index (χ1v) is 5.27. The average Bonchev–Trinajstić information content (AvgIpc) is 2.37. The van der Waals surface area contributed by atoms with Crippen LogP contribution in [-0.2, 0) is 6.18 Å². The van der Waals surface area contributed by atoms with Gasteiger partial charge in [-0.2, -0.15) is 13.2 Å². The summed E-state index contributed by atoms with van der Waals surface area (Å²) in [5.41, 5.74) is -0.789. The van der Waals surface area contributed by atoms with E-state index in [1.165, 1.54) is 18.3 Å². The number of hydrogen-bond acceptors (Lipinski definition) is 2. The molecule has 0 spiro atoms. The Kier molecular flexibility index (Phi) is 3.25. The molecular formula is C13H8F3NO2. The van der Waals surface area contributed by atoms with Crippen LogP contribution in [0.3, 0.4) is 0 Å². The average molecular weight is 267 g/mol. The first-order chi connectivity index (χ1) is 8.91. The van der Waals surface area contributed by atoms with E-state index < -0.39 is 17.3 Å². The lowest BCUT2D eigenvalue weighted by Crippen LogP contribution is -2.07. The summed E-state index contributed by atoms with van der Waals surface area (Å²) in [4.78, 5) is 24.3. The molecule has 0 fully saturated rings. The highest BCUT2D eigenvalue weighted by Crippen LogP contribution is 2.32. The Hall–Kier alpha value is -2.37. The molecule has 0 aliphatic rings. The summed E-state index contributed by atoms with van der Waals surface area (Å²) in [6, 6.07) is 5.60. The van der Waals surface area contributed by atoms with Gasteiger partial charge in [0.2, 0.25) is 5.56 Å². The largest absolute Gasteiger partial charge is 0.416 e. The highest BCUT2D eigenvalue weighted by molar-refractivity contribution is 5.87.